The Hall–Kier alpha value is -3.13. The monoisotopic (exact) mass is 461 g/mol. The number of methoxy groups -OCH3 is 2. The first-order valence-corrected chi connectivity index (χ1v) is 12.1. The van der Waals surface area contributed by atoms with Crippen LogP contribution in [0.4, 0.5) is 0 Å². The third-order valence-corrected chi connectivity index (χ3v) is 7.89. The van der Waals surface area contributed by atoms with E-state index in [1.165, 1.54) is 12.8 Å². The minimum atomic E-state index is 0.00981. The third-order valence-electron chi connectivity index (χ3n) is 7.89. The van der Waals surface area contributed by atoms with Gasteiger partial charge in [0.15, 0.2) is 0 Å². The van der Waals surface area contributed by atoms with E-state index in [1.54, 1.807) is 14.2 Å². The number of piperidine rings is 1. The van der Waals surface area contributed by atoms with Gasteiger partial charge in [0.25, 0.3) is 5.91 Å². The average molecular weight is 462 g/mol. The lowest BCUT2D eigenvalue weighted by molar-refractivity contribution is 0.0700. The summed E-state index contributed by atoms with van der Waals surface area (Å²) in [4.78, 5) is 25.1. The molecule has 0 radical (unpaired) electrons. The molecule has 3 aliphatic rings. The lowest BCUT2D eigenvalue weighted by Crippen LogP contribution is -2.41. The average Bonchev–Trinajstić information content (AvgIpc) is 3.43. The number of rotatable bonds is 6. The van der Waals surface area contributed by atoms with E-state index < -0.39 is 0 Å². The molecule has 1 aliphatic heterocycles. The number of imidazole rings is 1. The van der Waals surface area contributed by atoms with Gasteiger partial charge in [0.1, 0.15) is 17.1 Å². The molecule has 2 saturated carbocycles. The Labute approximate surface area is 199 Å². The van der Waals surface area contributed by atoms with Crippen LogP contribution in [0.5, 0.6) is 11.6 Å². The van der Waals surface area contributed by atoms with Gasteiger partial charge in [0.2, 0.25) is 5.88 Å². The number of ether oxygens (including phenoxy) is 2. The fourth-order valence-corrected chi connectivity index (χ4v) is 5.83. The van der Waals surface area contributed by atoms with Crippen molar-refractivity contribution < 1.29 is 14.3 Å². The quantitative estimate of drug-likeness (QED) is 0.606. The van der Waals surface area contributed by atoms with Crippen LogP contribution in [0.2, 0.25) is 0 Å². The van der Waals surface area contributed by atoms with Gasteiger partial charge in [-0.05, 0) is 62.1 Å². The second kappa shape index (κ2) is 7.98. The van der Waals surface area contributed by atoms with Crippen molar-refractivity contribution in [3.8, 4) is 23.0 Å². The lowest BCUT2D eigenvalue weighted by Gasteiger charge is -2.27. The number of carbonyl (C=O) groups is 1. The first-order chi connectivity index (χ1) is 16.5. The van der Waals surface area contributed by atoms with Crippen LogP contribution in [-0.2, 0) is 13.5 Å². The van der Waals surface area contributed by atoms with Crippen molar-refractivity contribution >= 4 is 16.9 Å². The predicted molar refractivity (Wildman–Crippen MR) is 129 cm³/mol. The van der Waals surface area contributed by atoms with Crippen molar-refractivity contribution in [2.24, 2.45) is 24.6 Å². The smallest absolute Gasteiger partial charge is 0.254 e. The molecule has 1 saturated heterocycles. The number of pyridine rings is 1. The van der Waals surface area contributed by atoms with Crippen LogP contribution in [0, 0.1) is 11.8 Å². The number of benzene rings is 1. The number of aryl methyl sites for hydroxylation is 1. The molecule has 0 unspecified atom stereocenters. The highest BCUT2D eigenvalue weighted by Crippen LogP contribution is 2.40. The van der Waals surface area contributed by atoms with Gasteiger partial charge in [-0.2, -0.15) is 0 Å². The van der Waals surface area contributed by atoms with Gasteiger partial charge in [0, 0.05) is 42.9 Å². The highest BCUT2D eigenvalue weighted by Gasteiger charge is 2.47. The number of carbonyl (C=O) groups excluding carboxylic acids is 1. The molecule has 2 N–H and O–H groups in total. The molecular formula is C26H31N5O3. The predicted octanol–water partition coefficient (Wildman–Crippen LogP) is 3.17. The van der Waals surface area contributed by atoms with Crippen molar-refractivity contribution in [2.45, 2.75) is 44.2 Å². The second-order valence-electron chi connectivity index (χ2n) is 9.98. The van der Waals surface area contributed by atoms with E-state index >= 15 is 0 Å². The minimum Gasteiger partial charge on any atom is -0.494 e. The third kappa shape index (κ3) is 3.35. The molecule has 0 spiro atoms. The molecule has 1 amide bonds. The van der Waals surface area contributed by atoms with Crippen molar-refractivity contribution in [1.29, 1.82) is 0 Å². The zero-order chi connectivity index (χ0) is 23.6. The number of aromatic nitrogens is 3. The topological polar surface area (TPSA) is 95.5 Å². The van der Waals surface area contributed by atoms with Crippen LogP contribution in [0.15, 0.2) is 24.3 Å². The van der Waals surface area contributed by atoms with Gasteiger partial charge in [-0.15, -0.1) is 0 Å². The molecule has 2 bridgehead atoms. The van der Waals surface area contributed by atoms with Crippen molar-refractivity contribution in [3.05, 3.63) is 35.5 Å². The highest BCUT2D eigenvalue weighted by molar-refractivity contribution is 6.00. The van der Waals surface area contributed by atoms with Crippen LogP contribution in [0.25, 0.3) is 22.4 Å². The van der Waals surface area contributed by atoms with E-state index in [1.807, 2.05) is 40.8 Å². The van der Waals surface area contributed by atoms with E-state index in [2.05, 4.69) is 0 Å². The molecule has 1 aromatic carbocycles. The Morgan fingerprint density at radius 1 is 1.12 bits per heavy atom. The molecule has 6 rings (SSSR count). The zero-order valence-corrected chi connectivity index (χ0v) is 20.0. The molecule has 3 aromatic rings. The Bertz CT molecular complexity index is 1280. The largest absolute Gasteiger partial charge is 0.494 e. The number of nitrogens with zero attached hydrogens (tertiary/aromatic N) is 4. The fraction of sp³-hybridized carbons (Fsp3) is 0.500. The number of hydrogen-bond acceptors (Lipinski definition) is 6. The standard InChI is InChI=1S/C26H31N5O3/c1-30-24-19(29-25(30)17-7-9-22(34-3)28-18(17)10-14-4-5-14)11-16(12-21(24)33-2)26(32)31-13-15-6-8-20(31)23(15)27/h7,9,11-12,14-15,20,23H,4-6,8,10,13,27H2,1-3H3/t15-,20-,23-/m1/s1. The SMILES string of the molecule is COc1ccc(-c2nc3cc(C(=O)N4C[C@H]5CC[C@@H]4[C@@H]5N)cc(OC)c3n2C)c(CC2CC2)n1. The van der Waals surface area contributed by atoms with Gasteiger partial charge in [-0.25, -0.2) is 9.97 Å². The maximum atomic E-state index is 13.5. The molecule has 8 nitrogen and oxygen atoms in total. The Kier molecular flexibility index (Phi) is 5.02. The van der Waals surface area contributed by atoms with E-state index in [-0.39, 0.29) is 18.0 Å². The van der Waals surface area contributed by atoms with Crippen LogP contribution < -0.4 is 15.2 Å². The first kappa shape index (κ1) is 21.4. The van der Waals surface area contributed by atoms with E-state index in [9.17, 15) is 4.79 Å². The Morgan fingerprint density at radius 3 is 2.59 bits per heavy atom. The van der Waals surface area contributed by atoms with Gasteiger partial charge in [-0.1, -0.05) is 0 Å². The van der Waals surface area contributed by atoms with Gasteiger partial charge >= 0.3 is 0 Å². The maximum Gasteiger partial charge on any atom is 0.254 e. The number of fused-ring (bicyclic) bond motifs is 3. The summed E-state index contributed by atoms with van der Waals surface area (Å²) in [6, 6.07) is 7.86. The summed E-state index contributed by atoms with van der Waals surface area (Å²) in [5.74, 6) is 3.16. The number of nitrogens with two attached hydrogens (primary N) is 1. The molecule has 2 aromatic heterocycles. The van der Waals surface area contributed by atoms with E-state index in [4.69, 9.17) is 25.2 Å². The van der Waals surface area contributed by atoms with Crippen LogP contribution in [-0.4, -0.2) is 58.2 Å². The van der Waals surface area contributed by atoms with E-state index in [0.29, 0.717) is 29.0 Å². The Morgan fingerprint density at radius 2 is 1.94 bits per heavy atom. The number of amides is 1. The molecule has 3 heterocycles. The molecule has 3 atom stereocenters. The summed E-state index contributed by atoms with van der Waals surface area (Å²) in [7, 11) is 5.26. The molecular weight excluding hydrogens is 430 g/mol. The minimum absolute atomic E-state index is 0.00981. The van der Waals surface area contributed by atoms with Crippen LogP contribution in [0.3, 0.4) is 0 Å². The summed E-state index contributed by atoms with van der Waals surface area (Å²) < 4.78 is 13.2. The summed E-state index contributed by atoms with van der Waals surface area (Å²) >= 11 is 0. The Balaban J connectivity index is 1.42. The molecule has 3 fully saturated rings. The molecule has 178 valence electrons. The van der Waals surface area contributed by atoms with E-state index in [0.717, 1.165) is 53.9 Å². The number of hydrogen-bond donors (Lipinski definition) is 1. The summed E-state index contributed by atoms with van der Waals surface area (Å²) in [6.07, 6.45) is 5.48. The second-order valence-corrected chi connectivity index (χ2v) is 9.98. The summed E-state index contributed by atoms with van der Waals surface area (Å²) in [5, 5.41) is 0. The van der Waals surface area contributed by atoms with Gasteiger partial charge in [0.05, 0.1) is 25.4 Å². The molecule has 2 aliphatic carbocycles. The summed E-state index contributed by atoms with van der Waals surface area (Å²) in [6.45, 7) is 0.737. The van der Waals surface area contributed by atoms with Crippen LogP contribution in [0.1, 0.15) is 41.7 Å². The highest BCUT2D eigenvalue weighted by atomic mass is 16.5. The molecule has 8 heteroatoms. The first-order valence-electron chi connectivity index (χ1n) is 12.1. The van der Waals surface area contributed by atoms with Gasteiger partial charge in [-0.3, -0.25) is 4.79 Å². The number of likely N-dealkylation sites (tertiary alicyclic amines) is 1. The normalized spacial score (nSPS) is 23.6. The fourth-order valence-electron chi connectivity index (χ4n) is 5.83. The van der Waals surface area contributed by atoms with Crippen LogP contribution >= 0.6 is 0 Å². The molecule has 34 heavy (non-hydrogen) atoms. The summed E-state index contributed by atoms with van der Waals surface area (Å²) in [5.41, 5.74) is 10.5. The zero-order valence-electron chi connectivity index (χ0n) is 20.0. The lowest BCUT2D eigenvalue weighted by atomic mass is 10.1. The van der Waals surface area contributed by atoms with Crippen molar-refractivity contribution in [1.82, 2.24) is 19.4 Å². The van der Waals surface area contributed by atoms with Crippen molar-refractivity contribution in [2.75, 3.05) is 20.8 Å². The van der Waals surface area contributed by atoms with Gasteiger partial charge < -0.3 is 24.7 Å². The van der Waals surface area contributed by atoms with Crippen molar-refractivity contribution in [3.63, 3.8) is 0 Å². The maximum absolute atomic E-state index is 13.5.